The van der Waals surface area contributed by atoms with Crippen LogP contribution in [0.1, 0.15) is 24.8 Å². The summed E-state index contributed by atoms with van der Waals surface area (Å²) < 4.78 is 12.9. The Bertz CT molecular complexity index is 360. The molecule has 0 fully saturated rings. The molecule has 0 saturated carbocycles. The number of pyridine rings is 1. The number of hydrogen-bond donors (Lipinski definition) is 1. The van der Waals surface area contributed by atoms with E-state index < -0.39 is 0 Å². The quantitative estimate of drug-likeness (QED) is 0.740. The van der Waals surface area contributed by atoms with Crippen LogP contribution in [0.4, 0.5) is 4.39 Å². The van der Waals surface area contributed by atoms with E-state index in [-0.39, 0.29) is 11.9 Å². The molecule has 1 heterocycles. The zero-order valence-electron chi connectivity index (χ0n) is 7.91. The van der Waals surface area contributed by atoms with E-state index in [1.165, 1.54) is 12.3 Å². The van der Waals surface area contributed by atoms with Gasteiger partial charge >= 0.3 is 0 Å². The van der Waals surface area contributed by atoms with Crippen LogP contribution in [0, 0.1) is 5.82 Å². The van der Waals surface area contributed by atoms with Crippen LogP contribution in [0.15, 0.2) is 24.5 Å². The molecule has 2 nitrogen and oxygen atoms in total. The van der Waals surface area contributed by atoms with Crippen LogP contribution in [0.5, 0.6) is 0 Å². The highest BCUT2D eigenvalue weighted by molar-refractivity contribution is 5.66. The molecule has 74 valence electrons. The Morgan fingerprint density at radius 3 is 3.00 bits per heavy atom. The van der Waals surface area contributed by atoms with Crippen molar-refractivity contribution >= 4 is 5.57 Å². The minimum absolute atomic E-state index is 0.113. The first-order valence-electron chi connectivity index (χ1n) is 4.83. The van der Waals surface area contributed by atoms with Gasteiger partial charge in [0.25, 0.3) is 0 Å². The molecular weight excluding hydrogens is 179 g/mol. The number of aromatic nitrogens is 1. The van der Waals surface area contributed by atoms with E-state index in [9.17, 15) is 4.39 Å². The molecule has 0 saturated heterocycles. The van der Waals surface area contributed by atoms with Crippen LogP contribution in [0.2, 0.25) is 0 Å². The van der Waals surface area contributed by atoms with Crippen molar-refractivity contribution in [1.82, 2.24) is 4.98 Å². The van der Waals surface area contributed by atoms with Crippen molar-refractivity contribution in [3.63, 3.8) is 0 Å². The normalized spacial score (nSPS) is 21.9. The van der Waals surface area contributed by atoms with Crippen LogP contribution in [0.25, 0.3) is 5.57 Å². The number of nitrogens with zero attached hydrogens (tertiary/aromatic N) is 1. The predicted molar refractivity (Wildman–Crippen MR) is 54.0 cm³/mol. The molecule has 1 aliphatic carbocycles. The molecule has 0 aliphatic heterocycles. The standard InChI is InChI=1S/C11H13FN2/c12-10-4-9(6-14-7-10)8-2-1-3-11(13)5-8/h4-7,11H,1-3,13H2. The summed E-state index contributed by atoms with van der Waals surface area (Å²) in [4.78, 5) is 3.83. The summed E-state index contributed by atoms with van der Waals surface area (Å²) in [6, 6.07) is 1.62. The lowest BCUT2D eigenvalue weighted by molar-refractivity contribution is 0.619. The second-order valence-electron chi connectivity index (χ2n) is 3.64. The first kappa shape index (κ1) is 9.34. The summed E-state index contributed by atoms with van der Waals surface area (Å²) in [6.07, 6.45) is 7.98. The van der Waals surface area contributed by atoms with E-state index in [1.807, 2.05) is 6.08 Å². The topological polar surface area (TPSA) is 38.9 Å². The molecule has 2 N–H and O–H groups in total. The lowest BCUT2D eigenvalue weighted by atomic mass is 9.92. The largest absolute Gasteiger partial charge is 0.324 e. The molecule has 1 atom stereocenters. The predicted octanol–water partition coefficient (Wildman–Crippen LogP) is 2.12. The highest BCUT2D eigenvalue weighted by Crippen LogP contribution is 2.25. The van der Waals surface area contributed by atoms with E-state index in [0.29, 0.717) is 0 Å². The summed E-state index contributed by atoms with van der Waals surface area (Å²) in [5.74, 6) is -0.289. The van der Waals surface area contributed by atoms with E-state index >= 15 is 0 Å². The van der Waals surface area contributed by atoms with Gasteiger partial charge in [-0.25, -0.2) is 4.39 Å². The second kappa shape index (κ2) is 3.88. The third-order valence-corrected chi connectivity index (χ3v) is 2.47. The van der Waals surface area contributed by atoms with Gasteiger partial charge in [0, 0.05) is 12.2 Å². The number of nitrogens with two attached hydrogens (primary N) is 1. The summed E-state index contributed by atoms with van der Waals surface area (Å²) in [6.45, 7) is 0. The first-order chi connectivity index (χ1) is 6.75. The molecule has 1 aromatic heterocycles. The number of halogens is 1. The lowest BCUT2D eigenvalue weighted by Gasteiger charge is -2.17. The number of allylic oxidation sites excluding steroid dienone is 1. The zero-order valence-corrected chi connectivity index (χ0v) is 7.91. The molecule has 3 heteroatoms. The van der Waals surface area contributed by atoms with Crippen molar-refractivity contribution in [3.8, 4) is 0 Å². The van der Waals surface area contributed by atoms with Crippen molar-refractivity contribution in [1.29, 1.82) is 0 Å². The smallest absolute Gasteiger partial charge is 0.142 e. The Balaban J connectivity index is 2.30. The van der Waals surface area contributed by atoms with Crippen molar-refractivity contribution in [3.05, 3.63) is 35.9 Å². The average Bonchev–Trinajstić information content (AvgIpc) is 2.18. The van der Waals surface area contributed by atoms with Gasteiger partial charge < -0.3 is 5.73 Å². The van der Waals surface area contributed by atoms with Crippen LogP contribution in [-0.2, 0) is 0 Å². The molecular formula is C11H13FN2. The Morgan fingerprint density at radius 2 is 2.29 bits per heavy atom. The van der Waals surface area contributed by atoms with Crippen LogP contribution in [-0.4, -0.2) is 11.0 Å². The molecule has 1 unspecified atom stereocenters. The zero-order chi connectivity index (χ0) is 9.97. The summed E-state index contributed by atoms with van der Waals surface area (Å²) in [5, 5.41) is 0. The fourth-order valence-corrected chi connectivity index (χ4v) is 1.78. The highest BCUT2D eigenvalue weighted by atomic mass is 19.1. The van der Waals surface area contributed by atoms with Crippen molar-refractivity contribution < 1.29 is 4.39 Å². The Labute approximate surface area is 82.7 Å². The van der Waals surface area contributed by atoms with Crippen LogP contribution < -0.4 is 5.73 Å². The molecule has 1 aliphatic rings. The lowest BCUT2D eigenvalue weighted by Crippen LogP contribution is -2.20. The SMILES string of the molecule is NC1C=C(c2cncc(F)c2)CCC1. The highest BCUT2D eigenvalue weighted by Gasteiger charge is 2.11. The van der Waals surface area contributed by atoms with Gasteiger partial charge in [-0.05, 0) is 36.5 Å². The van der Waals surface area contributed by atoms with Gasteiger partial charge in [-0.2, -0.15) is 0 Å². The maximum absolute atomic E-state index is 12.9. The Hall–Kier alpha value is -1.22. The molecule has 0 aromatic carbocycles. The summed E-state index contributed by atoms with van der Waals surface area (Å²) in [7, 11) is 0. The van der Waals surface area contributed by atoms with Crippen molar-refractivity contribution in [2.24, 2.45) is 5.73 Å². The van der Waals surface area contributed by atoms with Gasteiger partial charge in [-0.15, -0.1) is 0 Å². The van der Waals surface area contributed by atoms with Crippen molar-refractivity contribution in [2.75, 3.05) is 0 Å². The minimum atomic E-state index is -0.289. The molecule has 2 rings (SSSR count). The van der Waals surface area contributed by atoms with E-state index in [0.717, 1.165) is 30.4 Å². The Morgan fingerprint density at radius 1 is 1.43 bits per heavy atom. The third-order valence-electron chi connectivity index (χ3n) is 2.47. The van der Waals surface area contributed by atoms with E-state index in [2.05, 4.69) is 4.98 Å². The molecule has 0 bridgehead atoms. The third kappa shape index (κ3) is 1.99. The molecule has 0 spiro atoms. The van der Waals surface area contributed by atoms with Gasteiger partial charge in [0.05, 0.1) is 6.20 Å². The average molecular weight is 192 g/mol. The number of rotatable bonds is 1. The van der Waals surface area contributed by atoms with Gasteiger partial charge in [-0.3, -0.25) is 4.98 Å². The molecule has 0 amide bonds. The molecule has 1 aromatic rings. The molecule has 0 radical (unpaired) electrons. The number of hydrogen-bond acceptors (Lipinski definition) is 2. The van der Waals surface area contributed by atoms with E-state index in [4.69, 9.17) is 5.73 Å². The van der Waals surface area contributed by atoms with Gasteiger partial charge in [0.1, 0.15) is 5.82 Å². The first-order valence-corrected chi connectivity index (χ1v) is 4.83. The monoisotopic (exact) mass is 192 g/mol. The van der Waals surface area contributed by atoms with Gasteiger partial charge in [0.15, 0.2) is 0 Å². The Kier molecular flexibility index (Phi) is 2.59. The fourth-order valence-electron chi connectivity index (χ4n) is 1.78. The molecule has 14 heavy (non-hydrogen) atoms. The van der Waals surface area contributed by atoms with E-state index in [1.54, 1.807) is 6.20 Å². The fraction of sp³-hybridized carbons (Fsp3) is 0.364. The van der Waals surface area contributed by atoms with Crippen LogP contribution >= 0.6 is 0 Å². The van der Waals surface area contributed by atoms with Crippen molar-refractivity contribution in [2.45, 2.75) is 25.3 Å². The maximum atomic E-state index is 12.9. The maximum Gasteiger partial charge on any atom is 0.142 e. The van der Waals surface area contributed by atoms with Gasteiger partial charge in [-0.1, -0.05) is 6.08 Å². The van der Waals surface area contributed by atoms with Crippen LogP contribution in [0.3, 0.4) is 0 Å². The second-order valence-corrected chi connectivity index (χ2v) is 3.64. The minimum Gasteiger partial charge on any atom is -0.324 e. The summed E-state index contributed by atoms with van der Waals surface area (Å²) in [5.41, 5.74) is 7.79. The summed E-state index contributed by atoms with van der Waals surface area (Å²) >= 11 is 0. The van der Waals surface area contributed by atoms with Gasteiger partial charge in [0.2, 0.25) is 0 Å².